The molecule has 0 aliphatic carbocycles. The number of nitrogens with one attached hydrogen (secondary N) is 1. The summed E-state index contributed by atoms with van der Waals surface area (Å²) < 4.78 is 36.7. The van der Waals surface area contributed by atoms with Crippen LogP contribution in [-0.2, 0) is 18.6 Å². The standard InChI is InChI=1S/C17H19BFN3O3.C10H16BN3O2/c1-16(2)17(3,4)25-18(24-16)12-9-20-15(21-10-12)22-14(23)11-6-5-7-13(19)8-11;1-9(2)10(3,4)16-11(15-9)7-5-13-8(12)14-6-7/h5-10H,1-4H3,(H,20,21,22,23);5-6H,1-4H3,(H2,12,13,14). The number of amides is 1. The van der Waals surface area contributed by atoms with Crippen molar-refractivity contribution in [1.29, 1.82) is 0 Å². The second-order valence-corrected chi connectivity index (χ2v) is 11.9. The van der Waals surface area contributed by atoms with Crippen LogP contribution in [0.3, 0.4) is 0 Å². The number of aromatic nitrogens is 4. The van der Waals surface area contributed by atoms with Crippen molar-refractivity contribution >= 4 is 43.0 Å². The van der Waals surface area contributed by atoms with Crippen LogP contribution in [0.1, 0.15) is 65.7 Å². The first-order valence-corrected chi connectivity index (χ1v) is 13.2. The fourth-order valence-corrected chi connectivity index (χ4v) is 3.76. The van der Waals surface area contributed by atoms with Crippen molar-refractivity contribution < 1.29 is 27.8 Å². The SMILES string of the molecule is CC1(C)OB(c2cnc(N)nc2)OC1(C)C.CC1(C)OB(c2cnc(NC(=O)c3cccc(F)c3)nc2)OC1(C)C. The lowest BCUT2D eigenvalue weighted by Crippen LogP contribution is -2.41. The highest BCUT2D eigenvalue weighted by atomic mass is 19.1. The molecule has 41 heavy (non-hydrogen) atoms. The molecule has 216 valence electrons. The fraction of sp³-hybridized carbons (Fsp3) is 0.444. The van der Waals surface area contributed by atoms with Crippen molar-refractivity contribution in [2.24, 2.45) is 0 Å². The van der Waals surface area contributed by atoms with Gasteiger partial charge < -0.3 is 24.4 Å². The molecule has 1 aromatic carbocycles. The summed E-state index contributed by atoms with van der Waals surface area (Å²) in [7, 11) is -0.997. The van der Waals surface area contributed by atoms with Crippen molar-refractivity contribution in [2.45, 2.75) is 77.8 Å². The van der Waals surface area contributed by atoms with Crippen molar-refractivity contribution in [1.82, 2.24) is 19.9 Å². The summed E-state index contributed by atoms with van der Waals surface area (Å²) in [6.07, 6.45) is 6.33. The summed E-state index contributed by atoms with van der Waals surface area (Å²) in [6.45, 7) is 15.9. The quantitative estimate of drug-likeness (QED) is 0.454. The summed E-state index contributed by atoms with van der Waals surface area (Å²) in [6, 6.07) is 5.39. The summed E-state index contributed by atoms with van der Waals surface area (Å²) in [4.78, 5) is 28.1. The minimum Gasteiger partial charge on any atom is -0.399 e. The van der Waals surface area contributed by atoms with E-state index >= 15 is 0 Å². The highest BCUT2D eigenvalue weighted by Gasteiger charge is 2.53. The Labute approximate surface area is 240 Å². The number of carbonyl (C=O) groups excluding carboxylic acids is 1. The maximum atomic E-state index is 13.2. The monoisotopic (exact) mass is 564 g/mol. The van der Waals surface area contributed by atoms with E-state index in [2.05, 4.69) is 25.3 Å². The van der Waals surface area contributed by atoms with Crippen LogP contribution in [0, 0.1) is 5.82 Å². The Morgan fingerprint density at radius 2 is 1.17 bits per heavy atom. The largest absolute Gasteiger partial charge is 0.498 e. The average Bonchev–Trinajstić information content (AvgIpc) is 3.24. The van der Waals surface area contributed by atoms with Gasteiger partial charge in [-0.1, -0.05) is 6.07 Å². The molecule has 3 aromatic rings. The van der Waals surface area contributed by atoms with Gasteiger partial charge in [-0.15, -0.1) is 0 Å². The van der Waals surface area contributed by atoms with Gasteiger partial charge in [-0.25, -0.2) is 24.3 Å². The lowest BCUT2D eigenvalue weighted by atomic mass is 9.81. The zero-order valence-corrected chi connectivity index (χ0v) is 24.6. The summed E-state index contributed by atoms with van der Waals surface area (Å²) >= 11 is 0. The van der Waals surface area contributed by atoms with Gasteiger partial charge in [0.1, 0.15) is 5.82 Å². The van der Waals surface area contributed by atoms with Crippen molar-refractivity contribution in [3.63, 3.8) is 0 Å². The van der Waals surface area contributed by atoms with E-state index in [-0.39, 0.29) is 28.7 Å². The summed E-state index contributed by atoms with van der Waals surface area (Å²) in [5, 5.41) is 2.53. The molecule has 2 fully saturated rings. The van der Waals surface area contributed by atoms with Crippen LogP contribution in [0.5, 0.6) is 0 Å². The van der Waals surface area contributed by atoms with E-state index in [1.54, 1.807) is 12.4 Å². The predicted octanol–water partition coefficient (Wildman–Crippen LogP) is 2.53. The molecule has 0 saturated carbocycles. The molecule has 2 aliphatic rings. The van der Waals surface area contributed by atoms with Gasteiger partial charge in [-0.2, -0.15) is 0 Å². The number of nitrogen functional groups attached to an aromatic ring is 1. The van der Waals surface area contributed by atoms with E-state index < -0.39 is 37.2 Å². The van der Waals surface area contributed by atoms with Gasteiger partial charge in [0.2, 0.25) is 11.9 Å². The Hall–Kier alpha value is -3.45. The zero-order chi connectivity index (χ0) is 30.2. The van der Waals surface area contributed by atoms with E-state index in [1.165, 1.54) is 30.6 Å². The Balaban J connectivity index is 0.000000208. The van der Waals surface area contributed by atoms with Crippen LogP contribution in [0.2, 0.25) is 0 Å². The molecule has 0 unspecified atom stereocenters. The van der Waals surface area contributed by atoms with Gasteiger partial charge >= 0.3 is 14.2 Å². The summed E-state index contributed by atoms with van der Waals surface area (Å²) in [5.74, 6) is -0.595. The minimum atomic E-state index is -0.571. The molecule has 0 spiro atoms. The topological polar surface area (TPSA) is 144 Å². The Kier molecular flexibility index (Phi) is 8.25. The molecule has 4 heterocycles. The minimum absolute atomic E-state index is 0.120. The number of benzene rings is 1. The molecule has 2 aliphatic heterocycles. The van der Waals surface area contributed by atoms with E-state index in [9.17, 15) is 9.18 Å². The molecule has 3 N–H and O–H groups in total. The second-order valence-electron chi connectivity index (χ2n) is 11.9. The van der Waals surface area contributed by atoms with E-state index in [4.69, 9.17) is 24.4 Å². The predicted molar refractivity (Wildman–Crippen MR) is 154 cm³/mol. The first-order valence-electron chi connectivity index (χ1n) is 13.2. The van der Waals surface area contributed by atoms with Crippen LogP contribution in [0.25, 0.3) is 0 Å². The highest BCUT2D eigenvalue weighted by Crippen LogP contribution is 2.37. The molecule has 0 radical (unpaired) electrons. The van der Waals surface area contributed by atoms with Crippen molar-refractivity contribution in [3.05, 3.63) is 60.4 Å². The van der Waals surface area contributed by atoms with Gasteiger partial charge in [-0.3, -0.25) is 10.1 Å². The molecule has 1 amide bonds. The van der Waals surface area contributed by atoms with E-state index in [0.717, 1.165) is 11.5 Å². The molecule has 5 rings (SSSR count). The molecule has 2 saturated heterocycles. The van der Waals surface area contributed by atoms with Gasteiger partial charge in [0.15, 0.2) is 0 Å². The first kappa shape index (κ1) is 30.5. The van der Waals surface area contributed by atoms with Crippen LogP contribution in [-0.4, -0.2) is 62.5 Å². The third-order valence-electron chi connectivity index (χ3n) is 7.73. The normalized spacial score (nSPS) is 19.8. The number of hydrogen-bond donors (Lipinski definition) is 2. The van der Waals surface area contributed by atoms with Crippen molar-refractivity contribution in [3.8, 4) is 0 Å². The first-order chi connectivity index (χ1) is 19.0. The number of hydrogen-bond acceptors (Lipinski definition) is 10. The molecule has 0 atom stereocenters. The van der Waals surface area contributed by atoms with Gasteiger partial charge in [-0.05, 0) is 73.6 Å². The number of nitrogens with two attached hydrogens (primary N) is 1. The molecule has 0 bridgehead atoms. The zero-order valence-electron chi connectivity index (χ0n) is 24.6. The van der Waals surface area contributed by atoms with Gasteiger partial charge in [0.05, 0.1) is 22.4 Å². The smallest absolute Gasteiger partial charge is 0.399 e. The third-order valence-corrected chi connectivity index (χ3v) is 7.73. The maximum Gasteiger partial charge on any atom is 0.498 e. The number of carbonyl (C=O) groups is 1. The lowest BCUT2D eigenvalue weighted by molar-refractivity contribution is 0.00578. The number of nitrogens with zero attached hydrogens (tertiary/aromatic N) is 4. The molecular weight excluding hydrogens is 529 g/mol. The van der Waals surface area contributed by atoms with Crippen molar-refractivity contribution in [2.75, 3.05) is 11.1 Å². The Morgan fingerprint density at radius 3 is 1.59 bits per heavy atom. The summed E-state index contributed by atoms with van der Waals surface area (Å²) in [5.41, 5.74) is 5.45. The fourth-order valence-electron chi connectivity index (χ4n) is 3.76. The van der Waals surface area contributed by atoms with Gasteiger partial charge in [0, 0.05) is 41.3 Å². The van der Waals surface area contributed by atoms with Crippen LogP contribution in [0.15, 0.2) is 49.1 Å². The third kappa shape index (κ3) is 6.72. The molecule has 14 heteroatoms. The lowest BCUT2D eigenvalue weighted by Gasteiger charge is -2.32. The van der Waals surface area contributed by atoms with E-state index in [1.807, 2.05) is 55.4 Å². The average molecular weight is 564 g/mol. The van der Waals surface area contributed by atoms with E-state index in [0.29, 0.717) is 5.46 Å². The molecule has 2 aromatic heterocycles. The number of halogens is 1. The van der Waals surface area contributed by atoms with Gasteiger partial charge in [0.25, 0.3) is 5.91 Å². The van der Waals surface area contributed by atoms with Crippen LogP contribution < -0.4 is 22.0 Å². The molecule has 11 nitrogen and oxygen atoms in total. The highest BCUT2D eigenvalue weighted by molar-refractivity contribution is 6.62. The number of anilines is 2. The van der Waals surface area contributed by atoms with Crippen LogP contribution >= 0.6 is 0 Å². The Morgan fingerprint density at radius 1 is 0.756 bits per heavy atom. The second kappa shape index (κ2) is 11.1. The number of rotatable bonds is 4. The Bertz CT molecular complexity index is 1360. The molecular formula is C27H35B2FN6O5. The van der Waals surface area contributed by atoms with Crippen LogP contribution in [0.4, 0.5) is 16.3 Å². The maximum absolute atomic E-state index is 13.2.